The molecule has 3 fully saturated rings. The highest BCUT2D eigenvalue weighted by molar-refractivity contribution is 6.30. The quantitative estimate of drug-likeness (QED) is 0.125. The molecule has 0 bridgehead atoms. The molecule has 0 atom stereocenters. The monoisotopic (exact) mass is 995 g/mol. The maximum atomic E-state index is 14.2. The molecule has 368 valence electrons. The maximum absolute atomic E-state index is 14.2. The molecule has 0 radical (unpaired) electrons. The van der Waals surface area contributed by atoms with Gasteiger partial charge in [0.15, 0.2) is 5.69 Å². The predicted molar refractivity (Wildman–Crippen MR) is 267 cm³/mol. The minimum absolute atomic E-state index is 0.0743. The van der Waals surface area contributed by atoms with Crippen molar-refractivity contribution in [2.45, 2.75) is 87.5 Å². The molecule has 3 heterocycles. The van der Waals surface area contributed by atoms with Crippen LogP contribution in [0.2, 0.25) is 10.0 Å². The lowest BCUT2D eigenvalue weighted by molar-refractivity contribution is -0.143. The summed E-state index contributed by atoms with van der Waals surface area (Å²) in [5.41, 5.74) is 1.58. The van der Waals surface area contributed by atoms with Gasteiger partial charge in [-0.15, -0.1) is 0 Å². The van der Waals surface area contributed by atoms with E-state index in [-0.39, 0.29) is 23.2 Å². The van der Waals surface area contributed by atoms with Gasteiger partial charge in [-0.05, 0) is 143 Å². The van der Waals surface area contributed by atoms with Gasteiger partial charge in [-0.1, -0.05) is 84.9 Å². The van der Waals surface area contributed by atoms with Crippen LogP contribution in [0.1, 0.15) is 95.3 Å². The van der Waals surface area contributed by atoms with Gasteiger partial charge < -0.3 is 29.9 Å². The summed E-state index contributed by atoms with van der Waals surface area (Å²) in [6.07, 6.45) is 6.75. The first-order valence-corrected chi connectivity index (χ1v) is 24.6. The van der Waals surface area contributed by atoms with Gasteiger partial charge in [0.05, 0.1) is 36.2 Å². The van der Waals surface area contributed by atoms with E-state index in [9.17, 15) is 22.8 Å². The number of morpholine rings is 1. The second-order valence-electron chi connectivity index (χ2n) is 18.5. The zero-order valence-electron chi connectivity index (χ0n) is 39.4. The summed E-state index contributed by atoms with van der Waals surface area (Å²) in [5.74, 6) is 0.0454. The number of nitrogens with one attached hydrogen (secondary N) is 2. The third kappa shape index (κ3) is 12.1. The van der Waals surface area contributed by atoms with E-state index in [2.05, 4.69) is 56.7 Å². The average molecular weight is 997 g/mol. The molecule has 16 heteroatoms. The zero-order valence-corrected chi connectivity index (χ0v) is 40.9. The Balaban J connectivity index is 0.000000190. The molecule has 11 nitrogen and oxygen atoms in total. The first-order valence-electron chi connectivity index (χ1n) is 23.8. The molecule has 1 saturated heterocycles. The molecule has 70 heavy (non-hydrogen) atoms. The van der Waals surface area contributed by atoms with Crippen molar-refractivity contribution in [1.29, 1.82) is 0 Å². The summed E-state index contributed by atoms with van der Waals surface area (Å²) in [5, 5.41) is 11.3. The van der Waals surface area contributed by atoms with E-state index in [1.165, 1.54) is 29.8 Å². The van der Waals surface area contributed by atoms with Crippen LogP contribution in [0.4, 0.5) is 18.9 Å². The molecule has 2 N–H and O–H groups in total. The van der Waals surface area contributed by atoms with Gasteiger partial charge in [0.2, 0.25) is 5.88 Å². The zero-order chi connectivity index (χ0) is 49.3. The summed E-state index contributed by atoms with van der Waals surface area (Å²) in [4.78, 5) is 35.4. The summed E-state index contributed by atoms with van der Waals surface area (Å²) >= 11 is 12.0. The van der Waals surface area contributed by atoms with Crippen molar-refractivity contribution in [3.8, 4) is 17.3 Å². The van der Waals surface area contributed by atoms with Crippen LogP contribution >= 0.6 is 23.2 Å². The molecule has 2 aliphatic carbocycles. The number of alkyl halides is 3. The van der Waals surface area contributed by atoms with Crippen molar-refractivity contribution in [3.05, 3.63) is 166 Å². The minimum Gasteiger partial charge on any atom is -0.438 e. The first kappa shape index (κ1) is 50.5. The molecule has 0 spiro atoms. The highest BCUT2D eigenvalue weighted by Gasteiger charge is 2.43. The third-order valence-electron chi connectivity index (χ3n) is 13.8. The van der Waals surface area contributed by atoms with E-state index in [1.807, 2.05) is 66.7 Å². The Labute approximate surface area is 417 Å². The van der Waals surface area contributed by atoms with Gasteiger partial charge in [0.1, 0.15) is 11.3 Å². The predicted octanol–water partition coefficient (Wildman–Crippen LogP) is 11.7. The molecule has 2 amide bonds. The molecule has 4 aromatic carbocycles. The van der Waals surface area contributed by atoms with Crippen molar-refractivity contribution in [1.82, 2.24) is 30.3 Å². The fourth-order valence-electron chi connectivity index (χ4n) is 9.88. The van der Waals surface area contributed by atoms with Crippen LogP contribution < -0.4 is 20.3 Å². The van der Waals surface area contributed by atoms with E-state index in [0.717, 1.165) is 91.6 Å². The topological polar surface area (TPSA) is 114 Å². The average Bonchev–Trinajstić information content (AvgIpc) is 3.84. The Hall–Kier alpha value is -5.93. The van der Waals surface area contributed by atoms with E-state index in [0.29, 0.717) is 48.3 Å². The largest absolute Gasteiger partial charge is 0.438 e. The number of carbonyl (C=O) groups is 2. The summed E-state index contributed by atoms with van der Waals surface area (Å²) in [6, 6.07) is 35.0. The normalized spacial score (nSPS) is 19.1. The van der Waals surface area contributed by atoms with Crippen molar-refractivity contribution >= 4 is 40.7 Å². The summed E-state index contributed by atoms with van der Waals surface area (Å²) in [7, 11) is 4.30. The lowest BCUT2D eigenvalue weighted by atomic mass is 9.75. The lowest BCUT2D eigenvalue weighted by Crippen LogP contribution is -2.52. The number of anilines is 1. The summed E-state index contributed by atoms with van der Waals surface area (Å²) in [6.45, 7) is 2.96. The fraction of sp³-hybridized carbons (Fsp3) is 0.370. The molecule has 2 saturated carbocycles. The Morgan fingerprint density at radius 2 is 1.40 bits per heavy atom. The number of nitrogens with zero attached hydrogens (tertiary/aromatic N) is 5. The van der Waals surface area contributed by atoms with Crippen molar-refractivity contribution in [2.75, 3.05) is 45.3 Å². The molecule has 6 aromatic rings. The molecule has 0 unspecified atom stereocenters. The van der Waals surface area contributed by atoms with Crippen molar-refractivity contribution in [3.63, 3.8) is 0 Å². The number of para-hydroxylation sites is 1. The molecular formula is C54H58Cl2F3N7O4. The van der Waals surface area contributed by atoms with Crippen molar-refractivity contribution < 1.29 is 32.2 Å². The van der Waals surface area contributed by atoms with E-state index in [4.69, 9.17) is 32.7 Å². The van der Waals surface area contributed by atoms with E-state index < -0.39 is 28.9 Å². The van der Waals surface area contributed by atoms with Crippen LogP contribution in [0.5, 0.6) is 11.6 Å². The first-order chi connectivity index (χ1) is 33.7. The number of carbonyl (C=O) groups excluding carboxylic acids is 2. The van der Waals surface area contributed by atoms with Gasteiger partial charge in [-0.3, -0.25) is 9.59 Å². The number of amides is 2. The van der Waals surface area contributed by atoms with Gasteiger partial charge in [0.25, 0.3) is 11.8 Å². The Morgan fingerprint density at radius 1 is 0.771 bits per heavy atom. The molecule has 3 aliphatic rings. The van der Waals surface area contributed by atoms with E-state index in [1.54, 1.807) is 18.3 Å². The maximum Gasteiger partial charge on any atom is 0.434 e. The number of rotatable bonds is 12. The standard InChI is InChI=1S/C27H28ClF3N4O2.C27H30ClN3O2/c28-20-6-10-22(11-7-20)35-24(27(29,30)31)23(18-32-35)25(36)33-26(12-2-1-3-13-26)19-4-8-21(9-5-19)34-14-16-37-17-15-34;1-31(2)27(19-20-10-12-21(28)13-11-20)16-14-22(15-17-27)30-25(32)24-9-6-18-29-26(24)33-23-7-4-3-5-8-23/h4-11,18H,1-3,12-17H2,(H,33,36);3-13,18,22H,14-17,19H2,1-2H3,(H,30,32). The van der Waals surface area contributed by atoms with Crippen LogP contribution in [0.15, 0.2) is 128 Å². The molecule has 1 aliphatic heterocycles. The number of likely N-dealkylation sites (N-methyl/N-ethyl adjacent to an activating group) is 1. The second kappa shape index (κ2) is 22.4. The number of hydrogen-bond donors (Lipinski definition) is 2. The molecular weight excluding hydrogens is 939 g/mol. The smallest absolute Gasteiger partial charge is 0.434 e. The lowest BCUT2D eigenvalue weighted by Gasteiger charge is -2.45. The highest BCUT2D eigenvalue weighted by Crippen LogP contribution is 2.40. The van der Waals surface area contributed by atoms with Crippen LogP contribution in [0.3, 0.4) is 0 Å². The number of hydrogen-bond acceptors (Lipinski definition) is 8. The van der Waals surface area contributed by atoms with Gasteiger partial charge in [0, 0.05) is 46.6 Å². The van der Waals surface area contributed by atoms with Crippen LogP contribution in [-0.2, 0) is 22.9 Å². The fourth-order valence-corrected chi connectivity index (χ4v) is 10.1. The third-order valence-corrected chi connectivity index (χ3v) is 14.3. The SMILES string of the molecule is CN(C)C1(Cc2ccc(Cl)cc2)CCC(NC(=O)c2cccnc2Oc2ccccc2)CC1.O=C(NC1(c2ccc(N3CCOCC3)cc2)CCCCC1)c1cnn(-c2ccc(Cl)cc2)c1C(F)(F)F. The van der Waals surface area contributed by atoms with Gasteiger partial charge >= 0.3 is 6.18 Å². The summed E-state index contributed by atoms with van der Waals surface area (Å²) < 4.78 is 54.7. The Bertz CT molecular complexity index is 2660. The number of pyridine rings is 1. The highest BCUT2D eigenvalue weighted by atomic mass is 35.5. The van der Waals surface area contributed by atoms with E-state index >= 15 is 0 Å². The molecule has 2 aromatic heterocycles. The number of benzene rings is 4. The minimum atomic E-state index is -4.79. The van der Waals surface area contributed by atoms with Crippen LogP contribution in [0, 0.1) is 0 Å². The van der Waals surface area contributed by atoms with Crippen molar-refractivity contribution in [2.24, 2.45) is 0 Å². The number of ether oxygens (including phenoxy) is 2. The van der Waals surface area contributed by atoms with Gasteiger partial charge in [-0.25, -0.2) is 9.67 Å². The van der Waals surface area contributed by atoms with Crippen LogP contribution in [0.25, 0.3) is 5.69 Å². The Kier molecular flexibility index (Phi) is 16.2. The number of halogens is 5. The molecule has 9 rings (SSSR count). The second-order valence-corrected chi connectivity index (χ2v) is 19.3. The van der Waals surface area contributed by atoms with Gasteiger partial charge in [-0.2, -0.15) is 18.3 Å². The Morgan fingerprint density at radius 3 is 2.03 bits per heavy atom. The number of aromatic nitrogens is 3. The van der Waals surface area contributed by atoms with Crippen LogP contribution in [-0.4, -0.2) is 83.5 Å².